The minimum absolute atomic E-state index is 0.0233. The number of alkyl halides is 2. The van der Waals surface area contributed by atoms with E-state index >= 15 is 0 Å². The van der Waals surface area contributed by atoms with Crippen molar-refractivity contribution in [3.8, 4) is 11.1 Å². The van der Waals surface area contributed by atoms with Crippen LogP contribution in [0.5, 0.6) is 0 Å². The SMILES string of the molecule is C=C(C)c1cc(N2CCCc3cc(-c4cnn(C)c4)c(C(F)F)cc32)cc2c(C(=O)OC)cn(C)c12. The smallest absolute Gasteiger partial charge is 0.340 e. The Balaban J connectivity index is 1.72. The maximum absolute atomic E-state index is 14.3. The Bertz CT molecular complexity index is 1520. The van der Waals surface area contributed by atoms with Crippen LogP contribution in [0.25, 0.3) is 27.6 Å². The van der Waals surface area contributed by atoms with Gasteiger partial charge < -0.3 is 14.2 Å². The molecule has 0 aliphatic carbocycles. The van der Waals surface area contributed by atoms with Crippen molar-refractivity contribution in [3.63, 3.8) is 0 Å². The van der Waals surface area contributed by atoms with Crippen molar-refractivity contribution < 1.29 is 18.3 Å². The number of carbonyl (C=O) groups is 1. The lowest BCUT2D eigenvalue weighted by Gasteiger charge is -2.33. The van der Waals surface area contributed by atoms with Gasteiger partial charge in [0.15, 0.2) is 0 Å². The fourth-order valence-corrected chi connectivity index (χ4v) is 5.19. The van der Waals surface area contributed by atoms with Gasteiger partial charge >= 0.3 is 5.97 Å². The number of fused-ring (bicyclic) bond motifs is 2. The lowest BCUT2D eigenvalue weighted by molar-refractivity contribution is 0.0602. The average Bonchev–Trinajstić information content (AvgIpc) is 3.44. The van der Waals surface area contributed by atoms with Crippen LogP contribution in [0, 0.1) is 0 Å². The number of aryl methyl sites for hydroxylation is 3. The highest BCUT2D eigenvalue weighted by Crippen LogP contribution is 2.43. The molecule has 36 heavy (non-hydrogen) atoms. The molecule has 0 saturated heterocycles. The van der Waals surface area contributed by atoms with E-state index in [1.54, 1.807) is 36.4 Å². The molecule has 0 radical (unpaired) electrons. The summed E-state index contributed by atoms with van der Waals surface area (Å²) in [5.41, 5.74) is 6.82. The summed E-state index contributed by atoms with van der Waals surface area (Å²) < 4.78 is 37.1. The number of halogens is 2. The molecule has 2 aromatic heterocycles. The summed E-state index contributed by atoms with van der Waals surface area (Å²) in [4.78, 5) is 14.6. The molecule has 5 rings (SSSR count). The topological polar surface area (TPSA) is 52.3 Å². The predicted octanol–water partition coefficient (Wildman–Crippen LogP) is 6.42. The van der Waals surface area contributed by atoms with E-state index in [4.69, 9.17) is 4.74 Å². The Kier molecular flexibility index (Phi) is 5.90. The van der Waals surface area contributed by atoms with Crippen molar-refractivity contribution in [2.45, 2.75) is 26.2 Å². The number of benzene rings is 2. The second-order valence-corrected chi connectivity index (χ2v) is 9.34. The molecular formula is C28H28F2N4O2. The maximum atomic E-state index is 14.3. The van der Waals surface area contributed by atoms with Gasteiger partial charge in [-0.3, -0.25) is 4.68 Å². The quantitative estimate of drug-likeness (QED) is 0.303. The highest BCUT2D eigenvalue weighted by atomic mass is 19.3. The molecule has 0 N–H and O–H groups in total. The lowest BCUT2D eigenvalue weighted by atomic mass is 9.92. The molecule has 0 saturated carbocycles. The third-order valence-corrected chi connectivity index (χ3v) is 6.86. The molecule has 6 nitrogen and oxygen atoms in total. The standard InChI is InChI=1S/C28H28F2N4O2/c1-16(2)20-10-19(11-22-24(28(35)36-5)15-32(3)26(20)22)34-8-6-7-17-9-21(18-13-31-33(4)14-18)23(27(29)30)12-25(17)34/h9-15,27H,1,6-8H2,2-5H3. The van der Waals surface area contributed by atoms with Gasteiger partial charge in [-0.1, -0.05) is 6.58 Å². The van der Waals surface area contributed by atoms with Crippen LogP contribution < -0.4 is 4.90 Å². The van der Waals surface area contributed by atoms with Crippen molar-refractivity contribution in [1.82, 2.24) is 14.3 Å². The summed E-state index contributed by atoms with van der Waals surface area (Å²) >= 11 is 0. The molecule has 0 bridgehead atoms. The summed E-state index contributed by atoms with van der Waals surface area (Å²) in [5, 5.41) is 4.91. The summed E-state index contributed by atoms with van der Waals surface area (Å²) in [7, 11) is 5.01. The van der Waals surface area contributed by atoms with Crippen molar-refractivity contribution >= 4 is 33.8 Å². The van der Waals surface area contributed by atoms with E-state index in [1.165, 1.54) is 7.11 Å². The number of hydrogen-bond acceptors (Lipinski definition) is 4. The predicted molar refractivity (Wildman–Crippen MR) is 138 cm³/mol. The van der Waals surface area contributed by atoms with Crippen molar-refractivity contribution in [3.05, 3.63) is 71.7 Å². The first kappa shape index (κ1) is 23.8. The zero-order valence-corrected chi connectivity index (χ0v) is 20.8. The lowest BCUT2D eigenvalue weighted by Crippen LogP contribution is -2.25. The van der Waals surface area contributed by atoms with Gasteiger partial charge in [0.2, 0.25) is 0 Å². The van der Waals surface area contributed by atoms with Gasteiger partial charge in [-0.2, -0.15) is 5.10 Å². The van der Waals surface area contributed by atoms with Crippen LogP contribution in [0.4, 0.5) is 20.2 Å². The summed E-state index contributed by atoms with van der Waals surface area (Å²) in [6, 6.07) is 7.46. The Morgan fingerprint density at radius 1 is 1.14 bits per heavy atom. The number of carbonyl (C=O) groups excluding carboxylic acids is 1. The number of anilines is 2. The minimum Gasteiger partial charge on any atom is -0.465 e. The van der Waals surface area contributed by atoms with Gasteiger partial charge in [0.1, 0.15) is 0 Å². The Morgan fingerprint density at radius 3 is 2.56 bits per heavy atom. The number of aromatic nitrogens is 3. The van der Waals surface area contributed by atoms with Gasteiger partial charge in [0, 0.05) is 66.5 Å². The van der Waals surface area contributed by atoms with Crippen LogP contribution in [0.3, 0.4) is 0 Å². The largest absolute Gasteiger partial charge is 0.465 e. The molecule has 186 valence electrons. The monoisotopic (exact) mass is 490 g/mol. The maximum Gasteiger partial charge on any atom is 0.340 e. The van der Waals surface area contributed by atoms with E-state index in [-0.39, 0.29) is 5.56 Å². The minimum atomic E-state index is -2.64. The first-order valence-electron chi connectivity index (χ1n) is 11.8. The molecule has 0 atom stereocenters. The number of hydrogen-bond donors (Lipinski definition) is 0. The van der Waals surface area contributed by atoms with E-state index in [0.29, 0.717) is 23.2 Å². The van der Waals surface area contributed by atoms with E-state index in [2.05, 4.69) is 16.6 Å². The first-order chi connectivity index (χ1) is 17.2. The molecule has 0 amide bonds. The number of methoxy groups -OCH3 is 1. The van der Waals surface area contributed by atoms with E-state index < -0.39 is 12.4 Å². The molecule has 4 aromatic rings. The van der Waals surface area contributed by atoms with Crippen molar-refractivity contribution in [1.29, 1.82) is 0 Å². The molecule has 8 heteroatoms. The van der Waals surface area contributed by atoms with Crippen LogP contribution >= 0.6 is 0 Å². The average molecular weight is 491 g/mol. The van der Waals surface area contributed by atoms with Crippen LogP contribution in [0.1, 0.15) is 46.8 Å². The summed E-state index contributed by atoms with van der Waals surface area (Å²) in [5.74, 6) is -0.425. The molecule has 1 aliphatic rings. The van der Waals surface area contributed by atoms with Gasteiger partial charge in [0.05, 0.1) is 24.4 Å². The first-order valence-corrected chi connectivity index (χ1v) is 11.8. The number of esters is 1. The molecule has 2 aromatic carbocycles. The van der Waals surface area contributed by atoms with Crippen LogP contribution in [0.2, 0.25) is 0 Å². The molecule has 0 spiro atoms. The fourth-order valence-electron chi connectivity index (χ4n) is 5.19. The van der Waals surface area contributed by atoms with Crippen LogP contribution in [0.15, 0.2) is 49.4 Å². The highest BCUT2D eigenvalue weighted by molar-refractivity contribution is 6.08. The van der Waals surface area contributed by atoms with Gasteiger partial charge in [0.25, 0.3) is 6.43 Å². The van der Waals surface area contributed by atoms with Crippen molar-refractivity contribution in [2.75, 3.05) is 18.6 Å². The van der Waals surface area contributed by atoms with Crippen LogP contribution in [-0.4, -0.2) is 34.0 Å². The molecule has 0 fully saturated rings. The normalized spacial score (nSPS) is 13.4. The third kappa shape index (κ3) is 3.86. The zero-order chi connectivity index (χ0) is 25.7. The Morgan fingerprint density at radius 2 is 1.92 bits per heavy atom. The summed E-state index contributed by atoms with van der Waals surface area (Å²) in [6.45, 7) is 6.74. The number of rotatable bonds is 5. The fraction of sp³-hybridized carbons (Fsp3) is 0.286. The van der Waals surface area contributed by atoms with E-state index in [0.717, 1.165) is 51.8 Å². The van der Waals surface area contributed by atoms with E-state index in [1.807, 2.05) is 36.7 Å². The third-order valence-electron chi connectivity index (χ3n) is 6.86. The van der Waals surface area contributed by atoms with Crippen molar-refractivity contribution in [2.24, 2.45) is 14.1 Å². The number of allylic oxidation sites excluding steroid dienone is 1. The summed E-state index contributed by atoms with van der Waals surface area (Å²) in [6.07, 6.45) is 4.15. The Hall–Kier alpha value is -3.94. The Labute approximate surface area is 208 Å². The van der Waals surface area contributed by atoms with Gasteiger partial charge in [-0.25, -0.2) is 13.6 Å². The molecule has 0 unspecified atom stereocenters. The van der Waals surface area contributed by atoms with Crippen LogP contribution in [-0.2, 0) is 25.3 Å². The molecular weight excluding hydrogens is 462 g/mol. The molecule has 3 heterocycles. The number of nitrogens with zero attached hydrogens (tertiary/aromatic N) is 4. The van der Waals surface area contributed by atoms with E-state index in [9.17, 15) is 13.6 Å². The number of ether oxygens (including phenoxy) is 1. The van der Waals surface area contributed by atoms with Gasteiger partial charge in [-0.05, 0) is 60.7 Å². The second kappa shape index (κ2) is 8.93. The zero-order valence-electron chi connectivity index (χ0n) is 20.8. The highest BCUT2D eigenvalue weighted by Gasteiger charge is 2.26. The molecule has 1 aliphatic heterocycles. The second-order valence-electron chi connectivity index (χ2n) is 9.34. The van der Waals surface area contributed by atoms with Gasteiger partial charge in [-0.15, -0.1) is 0 Å².